The van der Waals surface area contributed by atoms with Gasteiger partial charge in [-0.2, -0.15) is 0 Å². The van der Waals surface area contributed by atoms with E-state index >= 15 is 0 Å². The molecular weight excluding hydrogens is 271 g/mol. The summed E-state index contributed by atoms with van der Waals surface area (Å²) in [5, 5.41) is 0. The molecule has 2 radical (unpaired) electrons. The molecule has 0 N–H and O–H groups in total. The van der Waals surface area contributed by atoms with E-state index in [1.165, 1.54) is 0 Å². The molecule has 0 aromatic rings. The van der Waals surface area contributed by atoms with Crippen molar-refractivity contribution in [2.45, 2.75) is 65.6 Å². The zero-order valence-electron chi connectivity index (χ0n) is 9.73. The molecule has 0 atom stereocenters. The second-order valence-corrected chi connectivity index (χ2v) is 6.15. The predicted molar refractivity (Wildman–Crippen MR) is 56.7 cm³/mol. The van der Waals surface area contributed by atoms with Crippen LogP contribution in [-0.2, 0) is 6.15 Å². The summed E-state index contributed by atoms with van der Waals surface area (Å²) < 4.78 is 11.5. The van der Waals surface area contributed by atoms with Gasteiger partial charge >= 0.3 is 93.7 Å². The van der Waals surface area contributed by atoms with E-state index in [1.807, 2.05) is 0 Å². The van der Waals surface area contributed by atoms with Crippen molar-refractivity contribution in [1.29, 1.82) is 0 Å². The molecule has 0 saturated heterocycles. The van der Waals surface area contributed by atoms with Crippen LogP contribution < -0.4 is 0 Å². The molecule has 0 bridgehead atoms. The van der Waals surface area contributed by atoms with Crippen LogP contribution in [0.4, 0.5) is 0 Å². The van der Waals surface area contributed by atoms with Crippen molar-refractivity contribution in [1.82, 2.24) is 0 Å². The molecule has 3 heteroatoms. The van der Waals surface area contributed by atoms with Crippen molar-refractivity contribution in [2.24, 2.45) is 0 Å². The number of hydrogen-bond donors (Lipinski definition) is 0. The predicted octanol–water partition coefficient (Wildman–Crippen LogP) is 2.93. The first kappa shape index (κ1) is 13.7. The fraction of sp³-hybridized carbons (Fsp3) is 1.00. The van der Waals surface area contributed by atoms with E-state index in [1.54, 1.807) is 0 Å². The first-order valence-corrected chi connectivity index (χ1v) is 7.27. The summed E-state index contributed by atoms with van der Waals surface area (Å²) in [6, 6.07) is 0. The summed E-state index contributed by atoms with van der Waals surface area (Å²) in [5.41, 5.74) is 0.0198. The zero-order chi connectivity index (χ0) is 10.5. The molecule has 0 unspecified atom stereocenters. The summed E-state index contributed by atoms with van der Waals surface area (Å²) in [4.78, 5) is 0. The summed E-state index contributed by atoms with van der Waals surface area (Å²) in [6.45, 7) is 12.8. The van der Waals surface area contributed by atoms with Crippen LogP contribution in [0.25, 0.3) is 0 Å². The van der Waals surface area contributed by atoms with Crippen molar-refractivity contribution in [3.8, 4) is 0 Å². The molecule has 0 aliphatic heterocycles. The van der Waals surface area contributed by atoms with E-state index in [0.29, 0.717) is 0 Å². The molecule has 0 spiro atoms. The molecule has 0 rings (SSSR count). The van der Waals surface area contributed by atoms with E-state index in [2.05, 4.69) is 41.5 Å². The van der Waals surface area contributed by atoms with Crippen LogP contribution in [0, 0.1) is 0 Å². The van der Waals surface area contributed by atoms with Crippen molar-refractivity contribution in [3.05, 3.63) is 0 Å². The van der Waals surface area contributed by atoms with Crippen LogP contribution in [0.3, 0.4) is 0 Å². The number of hydrogen-bond acceptors (Lipinski definition) is 2. The minimum atomic E-state index is -1.09. The van der Waals surface area contributed by atoms with Gasteiger partial charge in [-0.25, -0.2) is 0 Å². The van der Waals surface area contributed by atoms with E-state index in [-0.39, 0.29) is 11.2 Å². The van der Waals surface area contributed by atoms with E-state index in [9.17, 15) is 0 Å². The first-order valence-electron chi connectivity index (χ1n) is 4.94. The fourth-order valence-electron chi connectivity index (χ4n) is 0.391. The summed E-state index contributed by atoms with van der Waals surface area (Å²) in [6.07, 6.45) is 2.09. The molecule has 0 aliphatic rings. The van der Waals surface area contributed by atoms with Crippen LogP contribution >= 0.6 is 0 Å². The fourth-order valence-corrected chi connectivity index (χ4v) is 2.62. The molecule has 78 valence electrons. The molecular formula is C10H22O2Sn. The minimum absolute atomic E-state index is 0.00990. The summed E-state index contributed by atoms with van der Waals surface area (Å²) in [5.74, 6) is 0. The molecule has 0 amide bonds. The Morgan fingerprint density at radius 1 is 0.846 bits per heavy atom. The average molecular weight is 293 g/mol. The maximum atomic E-state index is 5.76. The Labute approximate surface area is 93.7 Å². The van der Waals surface area contributed by atoms with E-state index in [0.717, 1.165) is 12.8 Å². The first-order chi connectivity index (χ1) is 5.83. The Morgan fingerprint density at radius 3 is 1.38 bits per heavy atom. The molecule has 2 nitrogen and oxygen atoms in total. The van der Waals surface area contributed by atoms with Crippen molar-refractivity contribution >= 4 is 22.0 Å². The van der Waals surface area contributed by atoms with Crippen LogP contribution in [-0.4, -0.2) is 33.2 Å². The van der Waals surface area contributed by atoms with Crippen LogP contribution in [0.15, 0.2) is 0 Å². The van der Waals surface area contributed by atoms with Crippen molar-refractivity contribution in [2.75, 3.05) is 0 Å². The van der Waals surface area contributed by atoms with Gasteiger partial charge in [-0.3, -0.25) is 0 Å². The van der Waals surface area contributed by atoms with E-state index in [4.69, 9.17) is 6.15 Å². The van der Waals surface area contributed by atoms with Gasteiger partial charge in [-0.1, -0.05) is 0 Å². The average Bonchev–Trinajstić information content (AvgIpc) is 2.04. The van der Waals surface area contributed by atoms with Crippen LogP contribution in [0.5, 0.6) is 0 Å². The third-order valence-corrected chi connectivity index (χ3v) is 5.97. The summed E-state index contributed by atoms with van der Waals surface area (Å²) in [7, 11) is 0. The van der Waals surface area contributed by atoms with Crippen molar-refractivity contribution < 1.29 is 6.15 Å². The van der Waals surface area contributed by atoms with Gasteiger partial charge in [0.2, 0.25) is 0 Å². The molecule has 0 aromatic carbocycles. The molecule has 0 saturated carbocycles. The maximum absolute atomic E-state index is 5.76. The Balaban J connectivity index is 3.68. The van der Waals surface area contributed by atoms with Gasteiger partial charge in [0.05, 0.1) is 0 Å². The molecule has 0 aromatic heterocycles. The van der Waals surface area contributed by atoms with Gasteiger partial charge in [0.1, 0.15) is 0 Å². The standard InChI is InChI=1S/2C5H11O.Sn/c2*1-4-5(2,3)6;/h2*4H2,1-3H3;/q2*-1;+2. The second kappa shape index (κ2) is 5.56. The molecule has 0 heterocycles. The Morgan fingerprint density at radius 2 is 1.15 bits per heavy atom. The van der Waals surface area contributed by atoms with Gasteiger partial charge in [0, 0.05) is 0 Å². The molecule has 13 heavy (non-hydrogen) atoms. The molecule has 0 fully saturated rings. The van der Waals surface area contributed by atoms with Crippen LogP contribution in [0.1, 0.15) is 54.4 Å². The molecule has 0 aliphatic carbocycles. The van der Waals surface area contributed by atoms with Crippen molar-refractivity contribution in [3.63, 3.8) is 0 Å². The third kappa shape index (κ3) is 6.75. The monoisotopic (exact) mass is 294 g/mol. The topological polar surface area (TPSA) is 18.5 Å². The number of rotatable bonds is 6. The normalized spacial score (nSPS) is 13.4. The van der Waals surface area contributed by atoms with Gasteiger partial charge in [0.25, 0.3) is 0 Å². The zero-order valence-corrected chi connectivity index (χ0v) is 12.6. The quantitative estimate of drug-likeness (QED) is 0.701. The van der Waals surface area contributed by atoms with E-state index < -0.39 is 22.0 Å². The van der Waals surface area contributed by atoms with Gasteiger partial charge in [-0.15, -0.1) is 0 Å². The third-order valence-electron chi connectivity index (χ3n) is 2.34. The second-order valence-electron chi connectivity index (χ2n) is 4.51. The Bertz CT molecular complexity index is 128. The van der Waals surface area contributed by atoms with Crippen LogP contribution in [0.2, 0.25) is 0 Å². The van der Waals surface area contributed by atoms with Gasteiger partial charge < -0.3 is 0 Å². The van der Waals surface area contributed by atoms with Gasteiger partial charge in [-0.05, 0) is 0 Å². The van der Waals surface area contributed by atoms with Gasteiger partial charge in [0.15, 0.2) is 0 Å². The Kier molecular flexibility index (Phi) is 5.87. The summed E-state index contributed by atoms with van der Waals surface area (Å²) >= 11 is -1.09. The Hall–Kier alpha value is 0.719. The SMILES string of the molecule is CCC(C)(C)[O][Sn][O]C(C)(C)CC.